The van der Waals surface area contributed by atoms with Crippen LogP contribution in [0.25, 0.3) is 0 Å². The number of allylic oxidation sites excluding steroid dienone is 4. The average molecular weight is 860 g/mol. The minimum Gasteiger partial charge on any atom is -0.466 e. The maximum Gasteiger partial charge on any atom is 0.305 e. The molecule has 0 aliphatic heterocycles. The highest BCUT2D eigenvalue weighted by atomic mass is 16.5. The molecule has 0 rings (SSSR count). The summed E-state index contributed by atoms with van der Waals surface area (Å²) >= 11 is 0. The molecule has 0 aromatic heterocycles. The van der Waals surface area contributed by atoms with Crippen LogP contribution in [0.5, 0.6) is 0 Å². The van der Waals surface area contributed by atoms with Gasteiger partial charge in [0.1, 0.15) is 0 Å². The van der Waals surface area contributed by atoms with Crippen molar-refractivity contribution in [2.24, 2.45) is 0 Å². The van der Waals surface area contributed by atoms with Crippen molar-refractivity contribution in [1.29, 1.82) is 0 Å². The van der Waals surface area contributed by atoms with Gasteiger partial charge in [-0.25, -0.2) is 0 Å². The maximum absolute atomic E-state index is 12.4. The van der Waals surface area contributed by atoms with E-state index < -0.39 is 12.1 Å². The van der Waals surface area contributed by atoms with Gasteiger partial charge in [0.15, 0.2) is 0 Å². The predicted octanol–water partition coefficient (Wildman–Crippen LogP) is 16.3. The highest BCUT2D eigenvalue weighted by molar-refractivity contribution is 5.76. The quantitative estimate of drug-likeness (QED) is 0.0322. The molecule has 1 amide bonds. The summed E-state index contributed by atoms with van der Waals surface area (Å²) in [6.45, 7) is 4.89. The zero-order valence-corrected chi connectivity index (χ0v) is 40.9. The number of carbonyl (C=O) groups is 2. The first-order chi connectivity index (χ1) is 30.0. The third-order valence-electron chi connectivity index (χ3n) is 12.5. The Morgan fingerprint density at radius 3 is 1.28 bits per heavy atom. The summed E-state index contributed by atoms with van der Waals surface area (Å²) in [6, 6.07) is -0.584. The molecule has 2 unspecified atom stereocenters. The number of hydrogen-bond acceptors (Lipinski definition) is 5. The SMILES string of the molecule is CCCCCCCCCCCCCCCCCCCCCC(=O)OCCCCCCCC/C=C\C/C=C\CCC(=O)NC(CO)C(O)CCCCCCCCCCCCCC. The molecule has 61 heavy (non-hydrogen) atoms. The van der Waals surface area contributed by atoms with E-state index in [0.717, 1.165) is 51.4 Å². The molecule has 0 spiro atoms. The number of amides is 1. The molecule has 0 saturated heterocycles. The molecule has 0 bridgehead atoms. The second kappa shape index (κ2) is 51.0. The third kappa shape index (κ3) is 47.7. The molecule has 0 fully saturated rings. The van der Waals surface area contributed by atoms with Crippen LogP contribution in [0.15, 0.2) is 24.3 Å². The van der Waals surface area contributed by atoms with E-state index in [9.17, 15) is 19.8 Å². The van der Waals surface area contributed by atoms with Gasteiger partial charge in [0.2, 0.25) is 5.91 Å². The molecule has 0 radical (unpaired) electrons. The predicted molar refractivity (Wildman–Crippen MR) is 264 cm³/mol. The summed E-state index contributed by atoms with van der Waals surface area (Å²) in [5.74, 6) is -0.128. The number of esters is 1. The molecule has 0 aliphatic carbocycles. The van der Waals surface area contributed by atoms with Gasteiger partial charge in [-0.05, 0) is 44.9 Å². The molecular formula is C55H105NO5. The summed E-state index contributed by atoms with van der Waals surface area (Å²) in [5.41, 5.74) is 0. The van der Waals surface area contributed by atoms with E-state index in [4.69, 9.17) is 4.74 Å². The number of rotatable bonds is 50. The highest BCUT2D eigenvalue weighted by Gasteiger charge is 2.19. The van der Waals surface area contributed by atoms with Crippen LogP contribution in [-0.2, 0) is 14.3 Å². The van der Waals surface area contributed by atoms with Gasteiger partial charge in [0.05, 0.1) is 25.4 Å². The standard InChI is InChI=1S/C55H105NO5/c1-3-5-7-9-11-13-15-17-18-19-20-21-22-25-29-33-37-41-45-49-55(60)61-50-46-42-38-34-30-26-23-24-28-32-36-40-44-48-54(59)56-52(51-57)53(58)47-43-39-35-31-27-16-14-12-10-8-6-4-2/h24,28,36,40,52-53,57-58H,3-23,25-27,29-35,37-39,41-51H2,1-2H3,(H,56,59)/b28-24-,40-36-. The van der Waals surface area contributed by atoms with Crippen LogP contribution in [0.4, 0.5) is 0 Å². The fraction of sp³-hybridized carbons (Fsp3) is 0.891. The number of carbonyl (C=O) groups excluding carboxylic acids is 2. The fourth-order valence-electron chi connectivity index (χ4n) is 8.34. The van der Waals surface area contributed by atoms with Crippen molar-refractivity contribution in [3.05, 3.63) is 24.3 Å². The monoisotopic (exact) mass is 860 g/mol. The largest absolute Gasteiger partial charge is 0.466 e. The second-order valence-electron chi connectivity index (χ2n) is 18.6. The normalized spacial score (nSPS) is 12.8. The molecule has 0 heterocycles. The van der Waals surface area contributed by atoms with Crippen molar-refractivity contribution in [3.63, 3.8) is 0 Å². The minimum absolute atomic E-state index is 0.0124. The van der Waals surface area contributed by atoms with E-state index in [1.807, 2.05) is 6.08 Å². The lowest BCUT2D eigenvalue weighted by molar-refractivity contribution is -0.143. The second-order valence-corrected chi connectivity index (χ2v) is 18.6. The topological polar surface area (TPSA) is 95.9 Å². The molecular weight excluding hydrogens is 755 g/mol. The van der Waals surface area contributed by atoms with Crippen LogP contribution in [0.2, 0.25) is 0 Å². The Balaban J connectivity index is 3.49. The molecule has 360 valence electrons. The van der Waals surface area contributed by atoms with Crippen molar-refractivity contribution in [3.8, 4) is 0 Å². The third-order valence-corrected chi connectivity index (χ3v) is 12.5. The van der Waals surface area contributed by atoms with Gasteiger partial charge >= 0.3 is 5.97 Å². The van der Waals surface area contributed by atoms with Crippen LogP contribution in [-0.4, -0.2) is 47.4 Å². The number of nitrogens with one attached hydrogen (secondary N) is 1. The van der Waals surface area contributed by atoms with Crippen molar-refractivity contribution in [2.45, 2.75) is 302 Å². The van der Waals surface area contributed by atoms with E-state index in [0.29, 0.717) is 32.3 Å². The highest BCUT2D eigenvalue weighted by Crippen LogP contribution is 2.17. The minimum atomic E-state index is -0.697. The first-order valence-corrected chi connectivity index (χ1v) is 27.1. The van der Waals surface area contributed by atoms with E-state index >= 15 is 0 Å². The average Bonchev–Trinajstić information content (AvgIpc) is 3.26. The molecule has 2 atom stereocenters. The first kappa shape index (κ1) is 59.3. The van der Waals surface area contributed by atoms with Gasteiger partial charge < -0.3 is 20.3 Å². The molecule has 0 aromatic carbocycles. The van der Waals surface area contributed by atoms with Crippen molar-refractivity contribution < 1.29 is 24.5 Å². The Morgan fingerprint density at radius 2 is 0.836 bits per heavy atom. The molecule has 0 saturated carbocycles. The van der Waals surface area contributed by atoms with E-state index in [2.05, 4.69) is 37.4 Å². The van der Waals surface area contributed by atoms with Gasteiger partial charge in [-0.3, -0.25) is 9.59 Å². The Bertz CT molecular complexity index is 951. The Labute approximate surface area is 380 Å². The molecule has 6 heteroatoms. The number of aliphatic hydroxyl groups is 2. The summed E-state index contributed by atoms with van der Waals surface area (Å²) < 4.78 is 5.47. The van der Waals surface area contributed by atoms with Crippen LogP contribution in [0.3, 0.4) is 0 Å². The summed E-state index contributed by atoms with van der Waals surface area (Å²) in [7, 11) is 0. The summed E-state index contributed by atoms with van der Waals surface area (Å²) in [4.78, 5) is 24.5. The lowest BCUT2D eigenvalue weighted by Crippen LogP contribution is -2.45. The number of aliphatic hydroxyl groups excluding tert-OH is 2. The van der Waals surface area contributed by atoms with Crippen molar-refractivity contribution >= 4 is 11.9 Å². The van der Waals surface area contributed by atoms with Gasteiger partial charge in [0.25, 0.3) is 0 Å². The van der Waals surface area contributed by atoms with Crippen molar-refractivity contribution in [1.82, 2.24) is 5.32 Å². The van der Waals surface area contributed by atoms with Crippen LogP contribution in [0.1, 0.15) is 290 Å². The molecule has 6 nitrogen and oxygen atoms in total. The van der Waals surface area contributed by atoms with Crippen LogP contribution in [0, 0.1) is 0 Å². The smallest absolute Gasteiger partial charge is 0.305 e. The van der Waals surface area contributed by atoms with Gasteiger partial charge in [-0.15, -0.1) is 0 Å². The number of ether oxygens (including phenoxy) is 1. The molecule has 0 aromatic rings. The van der Waals surface area contributed by atoms with Gasteiger partial charge in [-0.1, -0.05) is 256 Å². The van der Waals surface area contributed by atoms with Crippen molar-refractivity contribution in [2.75, 3.05) is 13.2 Å². The van der Waals surface area contributed by atoms with Gasteiger partial charge in [0, 0.05) is 12.8 Å². The molecule has 3 N–H and O–H groups in total. The maximum atomic E-state index is 12.4. The lowest BCUT2D eigenvalue weighted by atomic mass is 10.0. The zero-order chi connectivity index (χ0) is 44.4. The van der Waals surface area contributed by atoms with Gasteiger partial charge in [-0.2, -0.15) is 0 Å². The zero-order valence-electron chi connectivity index (χ0n) is 40.9. The summed E-state index contributed by atoms with van der Waals surface area (Å²) in [5, 5.41) is 23.1. The van der Waals surface area contributed by atoms with E-state index in [-0.39, 0.29) is 18.5 Å². The number of hydrogen-bond donors (Lipinski definition) is 3. The number of unbranched alkanes of at least 4 members (excludes halogenated alkanes) is 35. The van der Waals surface area contributed by atoms with E-state index in [1.165, 1.54) is 199 Å². The fourth-order valence-corrected chi connectivity index (χ4v) is 8.34. The van der Waals surface area contributed by atoms with Crippen LogP contribution >= 0.6 is 0 Å². The van der Waals surface area contributed by atoms with E-state index in [1.54, 1.807) is 0 Å². The molecule has 0 aliphatic rings. The summed E-state index contributed by atoms with van der Waals surface area (Å²) in [6.07, 6.45) is 60.3. The Morgan fingerprint density at radius 1 is 0.459 bits per heavy atom. The Hall–Kier alpha value is -1.66. The first-order valence-electron chi connectivity index (χ1n) is 27.1. The van der Waals surface area contributed by atoms with Crippen LogP contribution < -0.4 is 5.32 Å². The lowest BCUT2D eigenvalue weighted by Gasteiger charge is -2.22. The Kier molecular flexibility index (Phi) is 49.6.